The van der Waals surface area contributed by atoms with E-state index in [1.54, 1.807) is 12.4 Å². The summed E-state index contributed by atoms with van der Waals surface area (Å²) in [5.74, 6) is 0.165. The monoisotopic (exact) mass is 173 g/mol. The SMILES string of the molecule is N#Cc1c(-c2cc[nH]c2)coc1N. The zero-order chi connectivity index (χ0) is 9.26. The Morgan fingerprint density at radius 2 is 2.38 bits per heavy atom. The van der Waals surface area contributed by atoms with Crippen LogP contribution in [0.25, 0.3) is 11.1 Å². The minimum Gasteiger partial charge on any atom is -0.447 e. The average Bonchev–Trinajstić information content (AvgIpc) is 2.71. The molecule has 0 unspecified atom stereocenters. The van der Waals surface area contributed by atoms with Gasteiger partial charge in [-0.05, 0) is 6.07 Å². The molecule has 4 nitrogen and oxygen atoms in total. The Hall–Kier alpha value is -2.15. The number of furan rings is 1. The molecule has 0 aliphatic rings. The Balaban J connectivity index is 2.60. The lowest BCUT2D eigenvalue weighted by atomic mass is 10.1. The molecule has 13 heavy (non-hydrogen) atoms. The molecule has 2 rings (SSSR count). The molecule has 2 heterocycles. The topological polar surface area (TPSA) is 78.7 Å². The van der Waals surface area contributed by atoms with Crippen LogP contribution in [0.5, 0.6) is 0 Å². The van der Waals surface area contributed by atoms with Crippen molar-refractivity contribution in [1.29, 1.82) is 5.26 Å². The van der Waals surface area contributed by atoms with E-state index < -0.39 is 0 Å². The van der Waals surface area contributed by atoms with Gasteiger partial charge < -0.3 is 15.1 Å². The van der Waals surface area contributed by atoms with Crippen molar-refractivity contribution in [1.82, 2.24) is 4.98 Å². The second-order valence-corrected chi connectivity index (χ2v) is 2.60. The number of nitriles is 1. The number of nitrogens with one attached hydrogen (secondary N) is 1. The van der Waals surface area contributed by atoms with Crippen molar-refractivity contribution in [3.8, 4) is 17.2 Å². The summed E-state index contributed by atoms with van der Waals surface area (Å²) in [6.45, 7) is 0. The van der Waals surface area contributed by atoms with E-state index in [4.69, 9.17) is 15.4 Å². The normalized spacial score (nSPS) is 9.77. The molecule has 0 aliphatic heterocycles. The number of aromatic amines is 1. The van der Waals surface area contributed by atoms with E-state index >= 15 is 0 Å². The van der Waals surface area contributed by atoms with Crippen LogP contribution in [0.2, 0.25) is 0 Å². The van der Waals surface area contributed by atoms with Gasteiger partial charge in [-0.15, -0.1) is 0 Å². The maximum Gasteiger partial charge on any atom is 0.208 e. The van der Waals surface area contributed by atoms with Crippen molar-refractivity contribution in [3.63, 3.8) is 0 Å². The van der Waals surface area contributed by atoms with Crippen molar-refractivity contribution in [2.24, 2.45) is 0 Å². The van der Waals surface area contributed by atoms with E-state index in [9.17, 15) is 0 Å². The molecule has 0 aliphatic carbocycles. The highest BCUT2D eigenvalue weighted by Gasteiger charge is 2.12. The molecule has 64 valence electrons. The Kier molecular flexibility index (Phi) is 1.57. The van der Waals surface area contributed by atoms with Gasteiger partial charge in [-0.2, -0.15) is 5.26 Å². The summed E-state index contributed by atoms with van der Waals surface area (Å²) >= 11 is 0. The smallest absolute Gasteiger partial charge is 0.208 e. The summed E-state index contributed by atoms with van der Waals surface area (Å²) in [4.78, 5) is 2.90. The van der Waals surface area contributed by atoms with Crippen LogP contribution >= 0.6 is 0 Å². The molecule has 0 saturated carbocycles. The minimum atomic E-state index is 0.165. The zero-order valence-corrected chi connectivity index (χ0v) is 6.74. The van der Waals surface area contributed by atoms with E-state index in [-0.39, 0.29) is 5.88 Å². The zero-order valence-electron chi connectivity index (χ0n) is 6.74. The molecular weight excluding hydrogens is 166 g/mol. The molecule has 0 bridgehead atoms. The number of rotatable bonds is 1. The average molecular weight is 173 g/mol. The van der Waals surface area contributed by atoms with Crippen LogP contribution in [-0.4, -0.2) is 4.98 Å². The summed E-state index contributed by atoms with van der Waals surface area (Å²) in [6, 6.07) is 3.85. The van der Waals surface area contributed by atoms with Gasteiger partial charge in [-0.1, -0.05) is 0 Å². The number of aromatic nitrogens is 1. The van der Waals surface area contributed by atoms with Crippen LogP contribution in [0.3, 0.4) is 0 Å². The van der Waals surface area contributed by atoms with E-state index in [1.165, 1.54) is 6.26 Å². The molecular formula is C9H7N3O. The molecule has 2 aromatic heterocycles. The van der Waals surface area contributed by atoms with Crippen LogP contribution in [0.4, 0.5) is 5.88 Å². The first-order chi connectivity index (χ1) is 6.33. The molecule has 0 atom stereocenters. The highest BCUT2D eigenvalue weighted by atomic mass is 16.3. The van der Waals surface area contributed by atoms with Gasteiger partial charge in [0, 0.05) is 23.5 Å². The van der Waals surface area contributed by atoms with Crippen LogP contribution in [0, 0.1) is 11.3 Å². The molecule has 0 saturated heterocycles. The molecule has 4 heteroatoms. The van der Waals surface area contributed by atoms with Gasteiger partial charge in [-0.3, -0.25) is 0 Å². The summed E-state index contributed by atoms with van der Waals surface area (Å²) < 4.78 is 4.95. The highest BCUT2D eigenvalue weighted by molar-refractivity contribution is 5.73. The Bertz CT molecular complexity index is 448. The van der Waals surface area contributed by atoms with E-state index in [1.807, 2.05) is 12.1 Å². The quantitative estimate of drug-likeness (QED) is 0.689. The van der Waals surface area contributed by atoms with Gasteiger partial charge >= 0.3 is 0 Å². The first kappa shape index (κ1) is 7.50. The van der Waals surface area contributed by atoms with Crippen LogP contribution in [0.15, 0.2) is 29.1 Å². The van der Waals surface area contributed by atoms with Crippen molar-refractivity contribution < 1.29 is 4.42 Å². The summed E-state index contributed by atoms with van der Waals surface area (Å²) in [5, 5.41) is 8.79. The number of anilines is 1. The fourth-order valence-electron chi connectivity index (χ4n) is 1.19. The molecule has 0 amide bonds. The predicted octanol–water partition coefficient (Wildman–Crippen LogP) is 1.73. The number of nitrogen functional groups attached to an aromatic ring is 1. The number of nitrogens with zero attached hydrogens (tertiary/aromatic N) is 1. The molecule has 3 N–H and O–H groups in total. The van der Waals surface area contributed by atoms with Gasteiger partial charge in [0.05, 0.1) is 0 Å². The third-order valence-corrected chi connectivity index (χ3v) is 1.84. The molecule has 0 spiro atoms. The standard InChI is InChI=1S/C9H7N3O/c10-3-7-8(5-13-9(7)11)6-1-2-12-4-6/h1-2,4-5,12H,11H2. The highest BCUT2D eigenvalue weighted by Crippen LogP contribution is 2.28. The first-order valence-corrected chi connectivity index (χ1v) is 3.73. The van der Waals surface area contributed by atoms with Gasteiger partial charge in [0.15, 0.2) is 0 Å². The molecule has 2 aromatic rings. The third-order valence-electron chi connectivity index (χ3n) is 1.84. The Labute approximate surface area is 74.6 Å². The summed E-state index contributed by atoms with van der Waals surface area (Å²) in [7, 11) is 0. The summed E-state index contributed by atoms with van der Waals surface area (Å²) in [5.41, 5.74) is 7.47. The van der Waals surface area contributed by atoms with Gasteiger partial charge in [0.25, 0.3) is 0 Å². The fraction of sp³-hybridized carbons (Fsp3) is 0. The van der Waals surface area contributed by atoms with E-state index in [0.717, 1.165) is 11.1 Å². The fourth-order valence-corrected chi connectivity index (χ4v) is 1.19. The van der Waals surface area contributed by atoms with E-state index in [2.05, 4.69) is 4.98 Å². The van der Waals surface area contributed by atoms with Crippen molar-refractivity contribution in [3.05, 3.63) is 30.3 Å². The maximum absolute atomic E-state index is 8.79. The van der Waals surface area contributed by atoms with Crippen molar-refractivity contribution >= 4 is 5.88 Å². The second kappa shape index (κ2) is 2.72. The number of hydrogen-bond acceptors (Lipinski definition) is 3. The van der Waals surface area contributed by atoms with Crippen LogP contribution in [0.1, 0.15) is 5.56 Å². The van der Waals surface area contributed by atoms with E-state index in [0.29, 0.717) is 5.56 Å². The number of hydrogen-bond donors (Lipinski definition) is 2. The lowest BCUT2D eigenvalue weighted by Crippen LogP contribution is -1.85. The number of H-pyrrole nitrogens is 1. The van der Waals surface area contributed by atoms with Crippen LogP contribution < -0.4 is 5.73 Å². The largest absolute Gasteiger partial charge is 0.447 e. The van der Waals surface area contributed by atoms with Crippen molar-refractivity contribution in [2.75, 3.05) is 5.73 Å². The Morgan fingerprint density at radius 3 is 3.00 bits per heavy atom. The maximum atomic E-state index is 8.79. The van der Waals surface area contributed by atoms with Gasteiger partial charge in [-0.25, -0.2) is 0 Å². The van der Waals surface area contributed by atoms with Crippen LogP contribution in [-0.2, 0) is 0 Å². The Morgan fingerprint density at radius 1 is 1.54 bits per heavy atom. The lowest BCUT2D eigenvalue weighted by Gasteiger charge is -1.89. The second-order valence-electron chi connectivity index (χ2n) is 2.60. The lowest BCUT2D eigenvalue weighted by molar-refractivity contribution is 0.588. The van der Waals surface area contributed by atoms with Gasteiger partial charge in [0.1, 0.15) is 17.9 Å². The van der Waals surface area contributed by atoms with Gasteiger partial charge in [0.2, 0.25) is 5.88 Å². The summed E-state index contributed by atoms with van der Waals surface area (Å²) in [6.07, 6.45) is 5.04. The molecule has 0 radical (unpaired) electrons. The molecule has 0 fully saturated rings. The minimum absolute atomic E-state index is 0.165. The van der Waals surface area contributed by atoms with Crippen molar-refractivity contribution in [2.45, 2.75) is 0 Å². The predicted molar refractivity (Wildman–Crippen MR) is 47.6 cm³/mol. The first-order valence-electron chi connectivity index (χ1n) is 3.73. The number of nitrogens with two attached hydrogens (primary N) is 1. The molecule has 0 aromatic carbocycles. The third kappa shape index (κ3) is 1.07.